The van der Waals surface area contributed by atoms with Crippen molar-refractivity contribution in [2.24, 2.45) is 0 Å². The molecule has 0 radical (unpaired) electrons. The molecule has 0 aliphatic carbocycles. The molecule has 1 aliphatic rings. The summed E-state index contributed by atoms with van der Waals surface area (Å²) < 4.78 is 48.3. The molecule has 52 heavy (non-hydrogen) atoms. The molecule has 1 saturated heterocycles. The molecule has 0 bridgehead atoms. The second-order valence-corrected chi connectivity index (χ2v) is 12.2. The Balaban J connectivity index is 1.60. The van der Waals surface area contributed by atoms with Crippen molar-refractivity contribution < 1.29 is 42.7 Å². The number of para-hydroxylation sites is 2. The number of hydrogen-bond donors (Lipinski definition) is 0. The lowest BCUT2D eigenvalue weighted by molar-refractivity contribution is -0.196. The third-order valence-corrected chi connectivity index (χ3v) is 8.64. The van der Waals surface area contributed by atoms with E-state index in [1.165, 1.54) is 0 Å². The van der Waals surface area contributed by atoms with Gasteiger partial charge in [0, 0.05) is 27.3 Å². The summed E-state index contributed by atoms with van der Waals surface area (Å²) in [5.41, 5.74) is 1.91. The summed E-state index contributed by atoms with van der Waals surface area (Å²) in [5.74, 6) is 1.33. The maximum Gasteiger partial charge on any atom is 0.321 e. The minimum atomic E-state index is -0.755. The summed E-state index contributed by atoms with van der Waals surface area (Å²) in [6.07, 6.45) is -1.51. The highest BCUT2D eigenvalue weighted by atomic mass is 16.7. The molecule has 11 nitrogen and oxygen atoms in total. The van der Waals surface area contributed by atoms with Crippen LogP contribution in [-0.2, 0) is 41.5 Å². The summed E-state index contributed by atoms with van der Waals surface area (Å²) in [5, 5.41) is 0. The number of ether oxygens (including phenoxy) is 8. The molecular weight excluding hydrogens is 664 g/mol. The zero-order valence-corrected chi connectivity index (χ0v) is 30.0. The van der Waals surface area contributed by atoms with Crippen molar-refractivity contribution in [2.45, 2.75) is 37.4 Å². The summed E-state index contributed by atoms with van der Waals surface area (Å²) >= 11 is 0. The minimum absolute atomic E-state index is 0.0709. The monoisotopic (exact) mass is 714 g/mol. The molecule has 1 aliphatic heterocycles. The number of methoxy groups -OCH3 is 2. The first-order valence-corrected chi connectivity index (χ1v) is 17.5. The maximum atomic E-state index is 15.3. The first kappa shape index (κ1) is 38.7. The van der Waals surface area contributed by atoms with Crippen molar-refractivity contribution in [1.29, 1.82) is 0 Å². The van der Waals surface area contributed by atoms with E-state index in [1.54, 1.807) is 14.2 Å². The van der Waals surface area contributed by atoms with Crippen LogP contribution in [0.4, 0.5) is 4.79 Å². The molecule has 1 fully saturated rings. The SMILES string of the molecule is COCCOCO[C@H]1[C@H](OCOCCOC)[C@H](COc2ccccc2)N(Cc2ccccc2)C(=O)N(Cc2ccccc2)[C@H]1COc1ccccc1. The van der Waals surface area contributed by atoms with Gasteiger partial charge in [-0.05, 0) is 35.4 Å². The molecule has 4 aromatic carbocycles. The van der Waals surface area contributed by atoms with Crippen molar-refractivity contribution in [3.63, 3.8) is 0 Å². The molecule has 0 saturated carbocycles. The Kier molecular flexibility index (Phi) is 16.2. The summed E-state index contributed by atoms with van der Waals surface area (Å²) in [6, 6.07) is 37.4. The number of amides is 2. The molecule has 2 amide bonds. The van der Waals surface area contributed by atoms with Gasteiger partial charge >= 0.3 is 6.03 Å². The highest BCUT2D eigenvalue weighted by molar-refractivity contribution is 5.76. The molecule has 0 unspecified atom stereocenters. The molecule has 4 aromatic rings. The van der Waals surface area contributed by atoms with Crippen LogP contribution in [0.25, 0.3) is 0 Å². The van der Waals surface area contributed by atoms with Crippen LogP contribution in [0.2, 0.25) is 0 Å². The van der Waals surface area contributed by atoms with Crippen LogP contribution in [0.3, 0.4) is 0 Å². The number of rotatable bonds is 22. The standard InChI is InChI=1S/C41H50N2O9/c1-45-23-25-47-31-51-39-37(29-49-35-19-11-5-12-20-35)42(27-33-15-7-3-8-16-33)41(44)43(28-34-17-9-4-10-18-34)38(30-50-36-21-13-6-14-22-36)40(39)52-32-48-26-24-46-2/h3-22,37-40H,23-32H2,1-2H3/t37-,38-,39+,40+/m0/s1. The predicted molar refractivity (Wildman–Crippen MR) is 196 cm³/mol. The first-order chi connectivity index (χ1) is 25.7. The van der Waals surface area contributed by atoms with Gasteiger partial charge < -0.3 is 47.7 Å². The van der Waals surface area contributed by atoms with Crippen LogP contribution in [0.5, 0.6) is 11.5 Å². The van der Waals surface area contributed by atoms with E-state index in [-0.39, 0.29) is 32.8 Å². The number of nitrogens with zero attached hydrogens (tertiary/aromatic N) is 2. The van der Waals surface area contributed by atoms with E-state index in [9.17, 15) is 0 Å². The Bertz CT molecular complexity index is 1420. The lowest BCUT2D eigenvalue weighted by Crippen LogP contribution is -2.55. The smallest absolute Gasteiger partial charge is 0.321 e. The highest BCUT2D eigenvalue weighted by Crippen LogP contribution is 2.31. The molecule has 278 valence electrons. The number of urea groups is 1. The van der Waals surface area contributed by atoms with E-state index in [0.29, 0.717) is 51.0 Å². The quantitative estimate of drug-likeness (QED) is 0.0714. The van der Waals surface area contributed by atoms with Crippen LogP contribution >= 0.6 is 0 Å². The van der Waals surface area contributed by atoms with E-state index in [1.807, 2.05) is 131 Å². The van der Waals surface area contributed by atoms with Gasteiger partial charge in [0.05, 0.1) is 38.5 Å². The van der Waals surface area contributed by atoms with Crippen LogP contribution in [0, 0.1) is 0 Å². The molecule has 11 heteroatoms. The van der Waals surface area contributed by atoms with Crippen LogP contribution < -0.4 is 9.47 Å². The van der Waals surface area contributed by atoms with Crippen LogP contribution in [0.1, 0.15) is 11.1 Å². The van der Waals surface area contributed by atoms with Gasteiger partial charge in [0.2, 0.25) is 0 Å². The van der Waals surface area contributed by atoms with Gasteiger partial charge in [-0.1, -0.05) is 97.1 Å². The van der Waals surface area contributed by atoms with Crippen molar-refractivity contribution >= 4 is 6.03 Å². The first-order valence-electron chi connectivity index (χ1n) is 17.5. The molecule has 0 spiro atoms. The number of carbonyl (C=O) groups excluding carboxylic acids is 1. The largest absolute Gasteiger partial charge is 0.491 e. The second-order valence-electron chi connectivity index (χ2n) is 12.2. The minimum Gasteiger partial charge on any atom is -0.491 e. The van der Waals surface area contributed by atoms with Crippen molar-refractivity contribution in [2.75, 3.05) is 67.4 Å². The normalized spacial score (nSPS) is 19.0. The zero-order valence-electron chi connectivity index (χ0n) is 30.0. The third-order valence-electron chi connectivity index (χ3n) is 8.64. The van der Waals surface area contributed by atoms with Crippen LogP contribution in [-0.4, -0.2) is 108 Å². The van der Waals surface area contributed by atoms with Gasteiger partial charge in [-0.3, -0.25) is 0 Å². The molecule has 1 heterocycles. The fourth-order valence-corrected chi connectivity index (χ4v) is 6.01. The van der Waals surface area contributed by atoms with Crippen molar-refractivity contribution in [3.8, 4) is 11.5 Å². The van der Waals surface area contributed by atoms with E-state index in [2.05, 4.69) is 0 Å². The summed E-state index contributed by atoms with van der Waals surface area (Å²) in [4.78, 5) is 18.9. The van der Waals surface area contributed by atoms with E-state index in [4.69, 9.17) is 37.9 Å². The number of hydrogen-bond acceptors (Lipinski definition) is 9. The summed E-state index contributed by atoms with van der Waals surface area (Å²) in [7, 11) is 3.23. The Hall–Kier alpha value is -4.49. The van der Waals surface area contributed by atoms with Gasteiger partial charge in [-0.15, -0.1) is 0 Å². The van der Waals surface area contributed by atoms with Gasteiger partial charge in [-0.25, -0.2) is 4.79 Å². The Morgan fingerprint density at radius 2 is 0.865 bits per heavy atom. The average Bonchev–Trinajstić information content (AvgIpc) is 3.26. The fourth-order valence-electron chi connectivity index (χ4n) is 6.01. The third kappa shape index (κ3) is 11.8. The lowest BCUT2D eigenvalue weighted by atomic mass is 9.98. The lowest BCUT2D eigenvalue weighted by Gasteiger charge is -2.37. The Morgan fingerprint density at radius 1 is 0.500 bits per heavy atom. The average molecular weight is 715 g/mol. The number of benzene rings is 4. The van der Waals surface area contributed by atoms with E-state index in [0.717, 1.165) is 11.1 Å². The molecule has 0 N–H and O–H groups in total. The molecule has 4 atom stereocenters. The maximum absolute atomic E-state index is 15.3. The highest BCUT2D eigenvalue weighted by Gasteiger charge is 2.50. The summed E-state index contributed by atoms with van der Waals surface area (Å²) in [6.45, 7) is 2.13. The van der Waals surface area contributed by atoms with Gasteiger partial charge in [0.1, 0.15) is 50.5 Å². The zero-order chi connectivity index (χ0) is 36.2. The number of carbonyl (C=O) groups is 1. The van der Waals surface area contributed by atoms with Crippen molar-refractivity contribution in [1.82, 2.24) is 9.80 Å². The second kappa shape index (κ2) is 21.8. The van der Waals surface area contributed by atoms with Crippen molar-refractivity contribution in [3.05, 3.63) is 132 Å². The predicted octanol–water partition coefficient (Wildman–Crippen LogP) is 6.03. The van der Waals surface area contributed by atoms with Gasteiger partial charge in [0.15, 0.2) is 0 Å². The molecule has 0 aromatic heterocycles. The van der Waals surface area contributed by atoms with Gasteiger partial charge in [-0.2, -0.15) is 0 Å². The fraction of sp³-hybridized carbons (Fsp3) is 0.390. The van der Waals surface area contributed by atoms with E-state index >= 15 is 4.79 Å². The Morgan fingerprint density at radius 3 is 1.23 bits per heavy atom. The Labute approximate surface area is 306 Å². The topological polar surface area (TPSA) is 97.4 Å². The molecular formula is C41H50N2O9. The molecule has 5 rings (SSSR count). The van der Waals surface area contributed by atoms with E-state index < -0.39 is 24.3 Å². The van der Waals surface area contributed by atoms with Gasteiger partial charge in [0.25, 0.3) is 0 Å². The van der Waals surface area contributed by atoms with Crippen LogP contribution in [0.15, 0.2) is 121 Å².